The van der Waals surface area contributed by atoms with Crippen molar-refractivity contribution in [3.63, 3.8) is 0 Å². The lowest BCUT2D eigenvalue weighted by atomic mass is 9.97. The van der Waals surface area contributed by atoms with Crippen LogP contribution in [-0.4, -0.2) is 54.0 Å². The summed E-state index contributed by atoms with van der Waals surface area (Å²) in [5, 5.41) is 3.16. The molecule has 1 aliphatic heterocycles. The zero-order chi connectivity index (χ0) is 22.9. The fourth-order valence-corrected chi connectivity index (χ4v) is 4.33. The molecule has 1 aliphatic rings. The van der Waals surface area contributed by atoms with Crippen LogP contribution in [0.4, 0.5) is 5.82 Å². The summed E-state index contributed by atoms with van der Waals surface area (Å²) in [7, 11) is 2.12. The van der Waals surface area contributed by atoms with Gasteiger partial charge >= 0.3 is 0 Å². The van der Waals surface area contributed by atoms with Gasteiger partial charge in [-0.05, 0) is 44.5 Å². The maximum absolute atomic E-state index is 12.8. The number of hydrogen-bond acceptors (Lipinski definition) is 5. The van der Waals surface area contributed by atoms with Gasteiger partial charge in [0.05, 0.1) is 5.92 Å². The van der Waals surface area contributed by atoms with Crippen molar-refractivity contribution in [2.45, 2.75) is 25.8 Å². The van der Waals surface area contributed by atoms with E-state index in [4.69, 9.17) is 4.98 Å². The predicted octanol–water partition coefficient (Wildman–Crippen LogP) is 4.00. The molecule has 0 radical (unpaired) electrons. The summed E-state index contributed by atoms with van der Waals surface area (Å²) in [5.41, 5.74) is 2.31. The average Bonchev–Trinajstić information content (AvgIpc) is 2.88. The first-order valence-electron chi connectivity index (χ1n) is 11.8. The van der Waals surface area contributed by atoms with Crippen LogP contribution in [0.25, 0.3) is 11.4 Å². The van der Waals surface area contributed by atoms with Crippen LogP contribution in [0.2, 0.25) is 0 Å². The summed E-state index contributed by atoms with van der Waals surface area (Å²) in [6, 6.07) is 22.4. The lowest BCUT2D eigenvalue weighted by Gasteiger charge is -2.33. The molecule has 1 aromatic heterocycles. The Morgan fingerprint density at radius 2 is 1.85 bits per heavy atom. The zero-order valence-electron chi connectivity index (χ0n) is 19.4. The number of piperidine rings is 1. The number of aromatic nitrogens is 2. The summed E-state index contributed by atoms with van der Waals surface area (Å²) >= 11 is 0. The van der Waals surface area contributed by atoms with E-state index in [9.17, 15) is 4.79 Å². The molecule has 33 heavy (non-hydrogen) atoms. The smallest absolute Gasteiger partial charge is 0.224 e. The lowest BCUT2D eigenvalue weighted by Crippen LogP contribution is -2.43. The quantitative estimate of drug-likeness (QED) is 0.507. The Hall–Kier alpha value is -3.25. The largest absolute Gasteiger partial charge is 0.356 e. The van der Waals surface area contributed by atoms with Gasteiger partial charge in [-0.2, -0.15) is 0 Å². The highest BCUT2D eigenvalue weighted by atomic mass is 16.1. The standard InChI is InChI=1S/C27H33N5O/c1-31(20-22-10-4-2-5-11-22)18-9-16-29-27(33)24-14-8-19-32(21-24)25-15-17-28-26(30-25)23-12-6-3-7-13-23/h2-7,10-13,15,17,24H,8-9,14,16,18-21H2,1H3,(H,29,33). The topological polar surface area (TPSA) is 61.4 Å². The Balaban J connectivity index is 1.24. The number of carbonyl (C=O) groups excluding carboxylic acids is 1. The molecule has 0 saturated carbocycles. The second-order valence-electron chi connectivity index (χ2n) is 8.76. The molecular weight excluding hydrogens is 410 g/mol. The third-order valence-corrected chi connectivity index (χ3v) is 6.10. The van der Waals surface area contributed by atoms with Crippen molar-refractivity contribution >= 4 is 11.7 Å². The van der Waals surface area contributed by atoms with E-state index < -0.39 is 0 Å². The molecule has 1 amide bonds. The minimum Gasteiger partial charge on any atom is -0.356 e. The van der Waals surface area contributed by atoms with Crippen molar-refractivity contribution in [3.05, 3.63) is 78.5 Å². The fourth-order valence-electron chi connectivity index (χ4n) is 4.33. The second-order valence-corrected chi connectivity index (χ2v) is 8.76. The highest BCUT2D eigenvalue weighted by Crippen LogP contribution is 2.24. The number of nitrogens with one attached hydrogen (secondary N) is 1. The SMILES string of the molecule is CN(CCCNC(=O)C1CCCN(c2ccnc(-c3ccccc3)n2)C1)Cc1ccccc1. The Morgan fingerprint density at radius 3 is 2.64 bits per heavy atom. The van der Waals surface area contributed by atoms with Gasteiger partial charge in [-0.25, -0.2) is 9.97 Å². The van der Waals surface area contributed by atoms with Crippen molar-refractivity contribution in [3.8, 4) is 11.4 Å². The van der Waals surface area contributed by atoms with Gasteiger partial charge in [0.1, 0.15) is 5.82 Å². The molecule has 1 saturated heterocycles. The highest BCUT2D eigenvalue weighted by Gasteiger charge is 2.26. The van der Waals surface area contributed by atoms with Crippen LogP contribution < -0.4 is 10.2 Å². The number of hydrogen-bond donors (Lipinski definition) is 1. The number of anilines is 1. The van der Waals surface area contributed by atoms with Crippen LogP contribution in [0.15, 0.2) is 72.9 Å². The van der Waals surface area contributed by atoms with Gasteiger partial charge in [0.2, 0.25) is 5.91 Å². The average molecular weight is 444 g/mol. The molecule has 1 atom stereocenters. The Morgan fingerprint density at radius 1 is 1.09 bits per heavy atom. The molecule has 0 bridgehead atoms. The van der Waals surface area contributed by atoms with Crippen molar-refractivity contribution in [1.29, 1.82) is 0 Å². The molecule has 2 aromatic carbocycles. The van der Waals surface area contributed by atoms with Crippen LogP contribution in [-0.2, 0) is 11.3 Å². The lowest BCUT2D eigenvalue weighted by molar-refractivity contribution is -0.125. The molecular formula is C27H33N5O. The second kappa shape index (κ2) is 11.6. The van der Waals surface area contributed by atoms with Crippen molar-refractivity contribution < 1.29 is 4.79 Å². The molecule has 1 unspecified atom stereocenters. The maximum Gasteiger partial charge on any atom is 0.224 e. The van der Waals surface area contributed by atoms with Gasteiger partial charge in [0.25, 0.3) is 0 Å². The number of nitrogens with zero attached hydrogens (tertiary/aromatic N) is 4. The van der Waals surface area contributed by atoms with Gasteiger partial charge in [-0.1, -0.05) is 60.7 Å². The number of amides is 1. The van der Waals surface area contributed by atoms with Gasteiger partial charge < -0.3 is 15.1 Å². The molecule has 172 valence electrons. The van der Waals surface area contributed by atoms with E-state index in [1.807, 2.05) is 42.5 Å². The number of benzene rings is 2. The molecule has 4 rings (SSSR count). The summed E-state index contributed by atoms with van der Waals surface area (Å²) < 4.78 is 0. The molecule has 6 heteroatoms. The minimum absolute atomic E-state index is 0.00376. The van der Waals surface area contributed by atoms with E-state index in [1.54, 1.807) is 6.20 Å². The first-order valence-corrected chi connectivity index (χ1v) is 11.8. The van der Waals surface area contributed by atoms with Crippen LogP contribution in [0.3, 0.4) is 0 Å². The normalized spacial score (nSPS) is 16.1. The van der Waals surface area contributed by atoms with Crippen molar-refractivity contribution in [2.24, 2.45) is 5.92 Å². The summed E-state index contributed by atoms with van der Waals surface area (Å²) in [5.74, 6) is 1.77. The summed E-state index contributed by atoms with van der Waals surface area (Å²) in [6.07, 6.45) is 4.66. The molecule has 0 aliphatic carbocycles. The van der Waals surface area contributed by atoms with E-state index in [2.05, 4.69) is 51.4 Å². The predicted molar refractivity (Wildman–Crippen MR) is 133 cm³/mol. The Kier molecular flexibility index (Phi) is 8.04. The van der Waals surface area contributed by atoms with Crippen molar-refractivity contribution in [2.75, 3.05) is 38.1 Å². The fraction of sp³-hybridized carbons (Fsp3) is 0.370. The van der Waals surface area contributed by atoms with E-state index in [0.717, 1.165) is 56.1 Å². The first kappa shape index (κ1) is 22.9. The zero-order valence-corrected chi connectivity index (χ0v) is 19.4. The van der Waals surface area contributed by atoms with Gasteiger partial charge in [0, 0.05) is 37.9 Å². The first-order chi connectivity index (χ1) is 16.2. The Labute approximate surface area is 196 Å². The molecule has 1 N–H and O–H groups in total. The van der Waals surface area contributed by atoms with Crippen LogP contribution in [0.1, 0.15) is 24.8 Å². The van der Waals surface area contributed by atoms with Crippen LogP contribution in [0.5, 0.6) is 0 Å². The van der Waals surface area contributed by atoms with Gasteiger partial charge in [-0.15, -0.1) is 0 Å². The van der Waals surface area contributed by atoms with Crippen LogP contribution in [0, 0.1) is 5.92 Å². The molecule has 0 spiro atoms. The number of rotatable bonds is 9. The Bertz CT molecular complexity index is 1010. The summed E-state index contributed by atoms with van der Waals surface area (Å²) in [4.78, 5) is 26.5. The van der Waals surface area contributed by atoms with E-state index in [1.165, 1.54) is 5.56 Å². The third kappa shape index (κ3) is 6.62. The molecule has 6 nitrogen and oxygen atoms in total. The van der Waals surface area contributed by atoms with Gasteiger partial charge in [-0.3, -0.25) is 4.79 Å². The highest BCUT2D eigenvalue weighted by molar-refractivity contribution is 5.79. The molecule has 3 aromatic rings. The van der Waals surface area contributed by atoms with E-state index >= 15 is 0 Å². The molecule has 1 fully saturated rings. The summed E-state index contributed by atoms with van der Waals surface area (Å²) in [6.45, 7) is 4.20. The van der Waals surface area contributed by atoms with Crippen molar-refractivity contribution in [1.82, 2.24) is 20.2 Å². The third-order valence-electron chi connectivity index (χ3n) is 6.10. The van der Waals surface area contributed by atoms with Crippen LogP contribution >= 0.6 is 0 Å². The van der Waals surface area contributed by atoms with E-state index in [0.29, 0.717) is 13.1 Å². The maximum atomic E-state index is 12.8. The number of carbonyl (C=O) groups is 1. The van der Waals surface area contributed by atoms with Gasteiger partial charge in [0.15, 0.2) is 5.82 Å². The van der Waals surface area contributed by atoms with E-state index in [-0.39, 0.29) is 11.8 Å². The monoisotopic (exact) mass is 443 g/mol. The molecule has 2 heterocycles. The minimum atomic E-state index is -0.00376.